The Kier molecular flexibility index (Phi) is 2.97. The van der Waals surface area contributed by atoms with Gasteiger partial charge in [0.2, 0.25) is 0 Å². The van der Waals surface area contributed by atoms with E-state index >= 15 is 0 Å². The summed E-state index contributed by atoms with van der Waals surface area (Å²) in [6, 6.07) is 11.6. The van der Waals surface area contributed by atoms with Gasteiger partial charge in [-0.2, -0.15) is 10.4 Å². The van der Waals surface area contributed by atoms with E-state index in [9.17, 15) is 10.1 Å². The number of benzene rings is 2. The van der Waals surface area contributed by atoms with Crippen molar-refractivity contribution in [3.05, 3.63) is 58.3 Å². The van der Waals surface area contributed by atoms with E-state index in [2.05, 4.69) is 15.5 Å². The molecule has 7 nitrogen and oxygen atoms in total. The number of nitro groups is 1. The van der Waals surface area contributed by atoms with E-state index in [1.807, 2.05) is 18.2 Å². The molecular weight excluding hydrogens is 270 g/mol. The zero-order valence-corrected chi connectivity index (χ0v) is 10.7. The number of nitro benzene ring substituents is 1. The van der Waals surface area contributed by atoms with E-state index in [0.717, 1.165) is 10.9 Å². The van der Waals surface area contributed by atoms with Gasteiger partial charge in [-0.3, -0.25) is 15.2 Å². The van der Waals surface area contributed by atoms with Crippen molar-refractivity contribution in [2.24, 2.45) is 0 Å². The average Bonchev–Trinajstić information content (AvgIpc) is 2.94. The summed E-state index contributed by atoms with van der Waals surface area (Å²) < 4.78 is 0. The summed E-state index contributed by atoms with van der Waals surface area (Å²) in [5.74, 6) is 0. The molecule has 102 valence electrons. The summed E-state index contributed by atoms with van der Waals surface area (Å²) in [6.07, 6.45) is 1.67. The standard InChI is InChI=1S/C14H9N5O2/c15-7-9-1-4-14(19(20)21)13(5-9)17-11-2-3-12-10(6-11)8-16-18-12/h1-6,8,17H,(H,16,18). The lowest BCUT2D eigenvalue weighted by Crippen LogP contribution is -1.97. The molecule has 21 heavy (non-hydrogen) atoms. The fourth-order valence-corrected chi connectivity index (χ4v) is 2.04. The summed E-state index contributed by atoms with van der Waals surface area (Å²) in [5, 5.41) is 30.6. The van der Waals surface area contributed by atoms with Crippen molar-refractivity contribution in [1.82, 2.24) is 10.2 Å². The number of hydrogen-bond acceptors (Lipinski definition) is 5. The predicted octanol–water partition coefficient (Wildman–Crippen LogP) is 3.09. The van der Waals surface area contributed by atoms with Crippen LogP contribution in [0.1, 0.15) is 5.56 Å². The highest BCUT2D eigenvalue weighted by atomic mass is 16.6. The Labute approximate surface area is 119 Å². The first kappa shape index (κ1) is 12.6. The van der Waals surface area contributed by atoms with Gasteiger partial charge in [-0.25, -0.2) is 0 Å². The van der Waals surface area contributed by atoms with Crippen LogP contribution in [0.2, 0.25) is 0 Å². The number of aromatic nitrogens is 2. The molecule has 2 aromatic carbocycles. The molecule has 2 N–H and O–H groups in total. The van der Waals surface area contributed by atoms with Crippen LogP contribution >= 0.6 is 0 Å². The van der Waals surface area contributed by atoms with Crippen molar-refractivity contribution in [1.29, 1.82) is 5.26 Å². The van der Waals surface area contributed by atoms with E-state index in [0.29, 0.717) is 11.3 Å². The Bertz CT molecular complexity index is 878. The minimum Gasteiger partial charge on any atom is -0.350 e. The third-order valence-electron chi connectivity index (χ3n) is 3.04. The van der Waals surface area contributed by atoms with Crippen LogP contribution in [-0.4, -0.2) is 15.1 Å². The third-order valence-corrected chi connectivity index (χ3v) is 3.04. The summed E-state index contributed by atoms with van der Waals surface area (Å²) in [5.41, 5.74) is 2.11. The Morgan fingerprint density at radius 2 is 2.14 bits per heavy atom. The van der Waals surface area contributed by atoms with Crippen molar-refractivity contribution in [2.75, 3.05) is 5.32 Å². The van der Waals surface area contributed by atoms with Crippen molar-refractivity contribution in [3.63, 3.8) is 0 Å². The number of rotatable bonds is 3. The third kappa shape index (κ3) is 2.37. The van der Waals surface area contributed by atoms with Gasteiger partial charge in [0.1, 0.15) is 5.69 Å². The maximum Gasteiger partial charge on any atom is 0.292 e. The molecule has 0 bridgehead atoms. The Morgan fingerprint density at radius 3 is 2.90 bits per heavy atom. The minimum atomic E-state index is -0.486. The predicted molar refractivity (Wildman–Crippen MR) is 77.2 cm³/mol. The van der Waals surface area contributed by atoms with Gasteiger partial charge in [-0.15, -0.1) is 0 Å². The lowest BCUT2D eigenvalue weighted by Gasteiger charge is -2.07. The molecule has 0 atom stereocenters. The number of H-pyrrole nitrogens is 1. The van der Waals surface area contributed by atoms with Crippen LogP contribution < -0.4 is 5.32 Å². The molecule has 0 aliphatic heterocycles. The van der Waals surface area contributed by atoms with Gasteiger partial charge in [0.25, 0.3) is 5.69 Å². The zero-order valence-electron chi connectivity index (χ0n) is 10.7. The first-order chi connectivity index (χ1) is 10.2. The first-order valence-electron chi connectivity index (χ1n) is 6.06. The van der Waals surface area contributed by atoms with E-state index in [-0.39, 0.29) is 11.4 Å². The van der Waals surface area contributed by atoms with Gasteiger partial charge in [0, 0.05) is 17.1 Å². The van der Waals surface area contributed by atoms with E-state index in [1.165, 1.54) is 18.2 Å². The molecular formula is C14H9N5O2. The van der Waals surface area contributed by atoms with Crippen LogP contribution in [0.15, 0.2) is 42.6 Å². The second-order valence-corrected chi connectivity index (χ2v) is 4.40. The topological polar surface area (TPSA) is 108 Å². The molecule has 3 rings (SSSR count). The van der Waals surface area contributed by atoms with Crippen LogP contribution in [0.25, 0.3) is 10.9 Å². The summed E-state index contributed by atoms with van der Waals surface area (Å²) in [7, 11) is 0. The van der Waals surface area contributed by atoms with Gasteiger partial charge in [-0.05, 0) is 30.3 Å². The maximum atomic E-state index is 11.1. The molecule has 1 heterocycles. The second kappa shape index (κ2) is 4.94. The normalized spacial score (nSPS) is 10.2. The van der Waals surface area contributed by atoms with Crippen LogP contribution in [-0.2, 0) is 0 Å². The molecule has 3 aromatic rings. The molecule has 0 aliphatic rings. The lowest BCUT2D eigenvalue weighted by atomic mass is 10.1. The summed E-state index contributed by atoms with van der Waals surface area (Å²) in [4.78, 5) is 10.6. The first-order valence-corrected chi connectivity index (χ1v) is 6.06. The Morgan fingerprint density at radius 1 is 1.29 bits per heavy atom. The van der Waals surface area contributed by atoms with Crippen LogP contribution in [0.3, 0.4) is 0 Å². The Hall–Kier alpha value is -3.40. The molecule has 0 unspecified atom stereocenters. The fourth-order valence-electron chi connectivity index (χ4n) is 2.04. The monoisotopic (exact) mass is 279 g/mol. The molecule has 0 saturated heterocycles. The van der Waals surface area contributed by atoms with Crippen LogP contribution in [0, 0.1) is 21.4 Å². The van der Waals surface area contributed by atoms with Crippen LogP contribution in [0.5, 0.6) is 0 Å². The molecule has 1 aromatic heterocycles. The van der Waals surface area contributed by atoms with E-state index in [4.69, 9.17) is 5.26 Å². The molecule has 0 saturated carbocycles. The van der Waals surface area contributed by atoms with E-state index in [1.54, 1.807) is 12.3 Å². The van der Waals surface area contributed by atoms with Crippen molar-refractivity contribution < 1.29 is 4.92 Å². The molecule has 0 amide bonds. The van der Waals surface area contributed by atoms with Gasteiger partial charge in [0.05, 0.1) is 28.3 Å². The minimum absolute atomic E-state index is 0.0821. The van der Waals surface area contributed by atoms with E-state index < -0.39 is 4.92 Å². The fraction of sp³-hybridized carbons (Fsp3) is 0. The highest BCUT2D eigenvalue weighted by Crippen LogP contribution is 2.29. The average molecular weight is 279 g/mol. The summed E-state index contributed by atoms with van der Waals surface area (Å²) >= 11 is 0. The van der Waals surface area contributed by atoms with Gasteiger partial charge >= 0.3 is 0 Å². The van der Waals surface area contributed by atoms with Crippen molar-refractivity contribution >= 4 is 28.0 Å². The Balaban J connectivity index is 2.03. The lowest BCUT2D eigenvalue weighted by molar-refractivity contribution is -0.383. The number of nitriles is 1. The van der Waals surface area contributed by atoms with Gasteiger partial charge in [0.15, 0.2) is 0 Å². The number of fused-ring (bicyclic) bond motifs is 1. The van der Waals surface area contributed by atoms with Crippen LogP contribution in [0.4, 0.5) is 17.1 Å². The van der Waals surface area contributed by atoms with Gasteiger partial charge in [-0.1, -0.05) is 0 Å². The highest BCUT2D eigenvalue weighted by molar-refractivity contribution is 5.83. The molecule has 0 fully saturated rings. The van der Waals surface area contributed by atoms with Crippen molar-refractivity contribution in [2.45, 2.75) is 0 Å². The number of aromatic amines is 1. The smallest absolute Gasteiger partial charge is 0.292 e. The molecule has 0 aliphatic carbocycles. The SMILES string of the molecule is N#Cc1ccc([N+](=O)[O-])c(Nc2ccc3[nH]ncc3c2)c1. The zero-order chi connectivity index (χ0) is 14.8. The maximum absolute atomic E-state index is 11.1. The molecule has 7 heteroatoms. The summed E-state index contributed by atoms with van der Waals surface area (Å²) in [6.45, 7) is 0. The van der Waals surface area contributed by atoms with Gasteiger partial charge < -0.3 is 5.32 Å². The highest BCUT2D eigenvalue weighted by Gasteiger charge is 2.14. The number of hydrogen-bond donors (Lipinski definition) is 2. The number of nitrogens with one attached hydrogen (secondary N) is 2. The van der Waals surface area contributed by atoms with Crippen molar-refractivity contribution in [3.8, 4) is 6.07 Å². The number of nitrogens with zero attached hydrogens (tertiary/aromatic N) is 3. The quantitative estimate of drug-likeness (QED) is 0.565. The number of anilines is 2. The molecule has 0 spiro atoms. The second-order valence-electron chi connectivity index (χ2n) is 4.40. The molecule has 0 radical (unpaired) electrons. The largest absolute Gasteiger partial charge is 0.350 e.